The molecule has 0 aliphatic rings. The number of hydrogen-bond acceptors (Lipinski definition) is 4. The lowest BCUT2D eigenvalue weighted by atomic mass is 10.0. The van der Waals surface area contributed by atoms with Crippen molar-refractivity contribution in [2.45, 2.75) is 39.5 Å². The number of unbranched alkanes of at least 4 members (excludes halogenated alkanes) is 1. The number of oxime groups is 1. The van der Waals surface area contributed by atoms with Crippen molar-refractivity contribution in [1.82, 2.24) is 0 Å². The number of carbonyl (C=O) groups is 2. The summed E-state index contributed by atoms with van der Waals surface area (Å²) in [6.45, 7) is 4.34. The van der Waals surface area contributed by atoms with Gasteiger partial charge in [0.15, 0.2) is 0 Å². The van der Waals surface area contributed by atoms with Crippen molar-refractivity contribution in [2.24, 2.45) is 11.1 Å². The molecule has 6 nitrogen and oxygen atoms in total. The lowest BCUT2D eigenvalue weighted by Crippen LogP contribution is -2.24. The van der Waals surface area contributed by atoms with E-state index in [1.807, 2.05) is 6.92 Å². The van der Waals surface area contributed by atoms with E-state index in [2.05, 4.69) is 12.1 Å². The second-order valence-electron chi connectivity index (χ2n) is 3.76. The molecule has 2 N–H and O–H groups in total. The van der Waals surface area contributed by atoms with Gasteiger partial charge in [-0.3, -0.25) is 0 Å². The molecule has 0 aliphatic heterocycles. The van der Waals surface area contributed by atoms with Gasteiger partial charge in [0.05, 0.1) is 0 Å². The first-order chi connectivity index (χ1) is 8.02. The Morgan fingerprint density at radius 1 is 1.24 bits per heavy atom. The van der Waals surface area contributed by atoms with Crippen LogP contribution in [0.5, 0.6) is 0 Å². The predicted octanol–water partition coefficient (Wildman–Crippen LogP) is 1.74. The van der Waals surface area contributed by atoms with Crippen LogP contribution in [-0.4, -0.2) is 34.5 Å². The van der Waals surface area contributed by atoms with Crippen molar-refractivity contribution in [1.29, 1.82) is 0 Å². The minimum absolute atomic E-state index is 0.251. The van der Waals surface area contributed by atoms with Gasteiger partial charge in [-0.2, -0.15) is 0 Å². The highest BCUT2D eigenvalue weighted by Gasteiger charge is 2.19. The van der Waals surface area contributed by atoms with Crippen LogP contribution in [0, 0.1) is 5.92 Å². The number of aliphatic carboxylic acids is 2. The maximum absolute atomic E-state index is 10.5. The molecule has 0 saturated carbocycles. The van der Waals surface area contributed by atoms with E-state index in [-0.39, 0.29) is 12.5 Å². The van der Waals surface area contributed by atoms with Crippen LogP contribution in [0.4, 0.5) is 0 Å². The molecule has 1 unspecified atom stereocenters. The summed E-state index contributed by atoms with van der Waals surface area (Å²) >= 11 is 0. The van der Waals surface area contributed by atoms with Crippen molar-refractivity contribution in [3.05, 3.63) is 0 Å². The van der Waals surface area contributed by atoms with Gasteiger partial charge >= 0.3 is 11.9 Å². The van der Waals surface area contributed by atoms with Crippen LogP contribution in [0.15, 0.2) is 5.16 Å². The summed E-state index contributed by atoms with van der Waals surface area (Å²) < 4.78 is 0. The minimum Gasteiger partial charge on any atom is -0.476 e. The highest BCUT2D eigenvalue weighted by Crippen LogP contribution is 2.12. The van der Waals surface area contributed by atoms with Crippen LogP contribution in [0.25, 0.3) is 0 Å². The largest absolute Gasteiger partial charge is 0.476 e. The van der Waals surface area contributed by atoms with Gasteiger partial charge in [-0.05, 0) is 18.8 Å². The molecular formula is C11H19NO5. The first kappa shape index (κ1) is 15.4. The third-order valence-electron chi connectivity index (χ3n) is 2.41. The van der Waals surface area contributed by atoms with E-state index >= 15 is 0 Å². The van der Waals surface area contributed by atoms with Gasteiger partial charge in [0.25, 0.3) is 5.71 Å². The Labute approximate surface area is 100 Å². The van der Waals surface area contributed by atoms with Crippen molar-refractivity contribution in [2.75, 3.05) is 6.61 Å². The van der Waals surface area contributed by atoms with Gasteiger partial charge < -0.3 is 15.1 Å². The number of carboxylic acids is 2. The molecule has 0 radical (unpaired) electrons. The highest BCUT2D eigenvalue weighted by atomic mass is 16.6. The van der Waals surface area contributed by atoms with Gasteiger partial charge in [0, 0.05) is 0 Å². The fourth-order valence-electron chi connectivity index (χ4n) is 1.27. The Balaban J connectivity index is 4.20. The second-order valence-corrected chi connectivity index (χ2v) is 3.76. The molecular weight excluding hydrogens is 226 g/mol. The van der Waals surface area contributed by atoms with Crippen LogP contribution in [0.1, 0.15) is 39.5 Å². The van der Waals surface area contributed by atoms with Crippen molar-refractivity contribution in [3.8, 4) is 0 Å². The lowest BCUT2D eigenvalue weighted by Gasteiger charge is -2.12. The van der Waals surface area contributed by atoms with Crippen LogP contribution < -0.4 is 0 Å². The molecule has 0 spiro atoms. The standard InChI is InChI=1S/C11H19NO5/c1-3-5-6-8(4-2)7-17-12-9(10(13)14)11(15)16/h8H,3-7H2,1-2H3,(H,13,14)(H,15,16). The average Bonchev–Trinajstić information content (AvgIpc) is 2.27. The summed E-state index contributed by atoms with van der Waals surface area (Å²) in [6.07, 6.45) is 4.01. The van der Waals surface area contributed by atoms with E-state index in [9.17, 15) is 9.59 Å². The second kappa shape index (κ2) is 8.55. The first-order valence-electron chi connectivity index (χ1n) is 5.69. The van der Waals surface area contributed by atoms with Gasteiger partial charge in [-0.25, -0.2) is 9.59 Å². The van der Waals surface area contributed by atoms with Crippen molar-refractivity contribution >= 4 is 17.7 Å². The van der Waals surface area contributed by atoms with Gasteiger partial charge in [-0.1, -0.05) is 31.8 Å². The third-order valence-corrected chi connectivity index (χ3v) is 2.41. The van der Waals surface area contributed by atoms with E-state index in [0.29, 0.717) is 0 Å². The molecule has 0 aromatic heterocycles. The van der Waals surface area contributed by atoms with Crippen LogP contribution in [-0.2, 0) is 14.4 Å². The quantitative estimate of drug-likeness (QED) is 0.366. The summed E-state index contributed by atoms with van der Waals surface area (Å²) in [5.41, 5.74) is -0.990. The number of rotatable bonds is 9. The molecule has 6 heteroatoms. The number of nitrogens with zero attached hydrogens (tertiary/aromatic N) is 1. The van der Waals surface area contributed by atoms with Crippen LogP contribution >= 0.6 is 0 Å². The summed E-state index contributed by atoms with van der Waals surface area (Å²) in [5.74, 6) is -2.92. The number of hydrogen-bond donors (Lipinski definition) is 2. The summed E-state index contributed by atoms with van der Waals surface area (Å²) in [4.78, 5) is 25.7. The van der Waals surface area contributed by atoms with Gasteiger partial charge in [0.2, 0.25) is 0 Å². The smallest absolute Gasteiger partial charge is 0.365 e. The lowest BCUT2D eigenvalue weighted by molar-refractivity contribution is -0.134. The maximum atomic E-state index is 10.5. The van der Waals surface area contributed by atoms with E-state index in [0.717, 1.165) is 25.7 Å². The zero-order chi connectivity index (χ0) is 13.3. The van der Waals surface area contributed by atoms with E-state index in [1.54, 1.807) is 0 Å². The Hall–Kier alpha value is -1.59. The molecule has 0 heterocycles. The zero-order valence-corrected chi connectivity index (χ0v) is 10.2. The minimum atomic E-state index is -1.60. The predicted molar refractivity (Wildman–Crippen MR) is 62.0 cm³/mol. The number of carboxylic acid groups (broad SMARTS) is 2. The fraction of sp³-hybridized carbons (Fsp3) is 0.727. The Bertz CT molecular complexity index is 272. The first-order valence-corrected chi connectivity index (χ1v) is 5.69. The zero-order valence-electron chi connectivity index (χ0n) is 10.2. The topological polar surface area (TPSA) is 96.2 Å². The molecule has 0 rings (SSSR count). The van der Waals surface area contributed by atoms with Crippen LogP contribution in [0.2, 0.25) is 0 Å². The monoisotopic (exact) mass is 245 g/mol. The molecule has 1 atom stereocenters. The average molecular weight is 245 g/mol. The van der Waals surface area contributed by atoms with Crippen LogP contribution in [0.3, 0.4) is 0 Å². The third kappa shape index (κ3) is 6.55. The SMILES string of the molecule is CCCCC(CC)CON=C(C(=O)O)C(=O)O. The van der Waals surface area contributed by atoms with E-state index in [1.165, 1.54) is 0 Å². The summed E-state index contributed by atoms with van der Waals surface area (Å²) in [7, 11) is 0. The van der Waals surface area contributed by atoms with Gasteiger partial charge in [-0.15, -0.1) is 0 Å². The molecule has 0 amide bonds. The molecule has 0 fully saturated rings. The molecule has 98 valence electrons. The molecule has 17 heavy (non-hydrogen) atoms. The fourth-order valence-corrected chi connectivity index (χ4v) is 1.27. The normalized spacial score (nSPS) is 11.6. The van der Waals surface area contributed by atoms with Crippen molar-refractivity contribution < 1.29 is 24.6 Å². The van der Waals surface area contributed by atoms with Gasteiger partial charge in [0.1, 0.15) is 6.61 Å². The van der Waals surface area contributed by atoms with E-state index < -0.39 is 17.7 Å². The van der Waals surface area contributed by atoms with E-state index in [4.69, 9.17) is 15.1 Å². The Morgan fingerprint density at radius 3 is 2.24 bits per heavy atom. The summed E-state index contributed by atoms with van der Waals surface area (Å²) in [6, 6.07) is 0. The Morgan fingerprint density at radius 2 is 1.82 bits per heavy atom. The molecule has 0 bridgehead atoms. The van der Waals surface area contributed by atoms with Crippen molar-refractivity contribution in [3.63, 3.8) is 0 Å². The molecule has 0 saturated heterocycles. The molecule has 0 aromatic rings. The molecule has 0 aromatic carbocycles. The highest BCUT2D eigenvalue weighted by molar-refractivity contribution is 6.61. The maximum Gasteiger partial charge on any atom is 0.365 e. The summed E-state index contributed by atoms with van der Waals surface area (Å²) in [5, 5.41) is 20.2. The molecule has 0 aliphatic carbocycles. The Kier molecular flexibility index (Phi) is 7.75.